The average molecular weight is 510 g/mol. The molecule has 2 aliphatic heterocycles. The first-order valence-electron chi connectivity index (χ1n) is 10.8. The van der Waals surface area contributed by atoms with Crippen molar-refractivity contribution >= 4 is 28.7 Å². The van der Waals surface area contributed by atoms with Crippen LogP contribution in [0.1, 0.15) is 56.7 Å². The fourth-order valence-electron chi connectivity index (χ4n) is 4.30. The lowest BCUT2D eigenvalue weighted by Gasteiger charge is -2.35. The van der Waals surface area contributed by atoms with Crippen LogP contribution in [0.25, 0.3) is 0 Å². The van der Waals surface area contributed by atoms with Gasteiger partial charge >= 0.3 is 12.4 Å². The summed E-state index contributed by atoms with van der Waals surface area (Å²) in [6, 6.07) is 4.44. The number of halogens is 6. The second-order valence-electron chi connectivity index (χ2n) is 8.83. The smallest absolute Gasteiger partial charge is 0.358 e. The number of amides is 2. The molecule has 2 heterocycles. The molecule has 0 spiro atoms. The molecule has 2 atom stereocenters. The highest BCUT2D eigenvalue weighted by molar-refractivity contribution is 8.16. The maximum atomic E-state index is 13.3. The first-order valence-corrected chi connectivity index (χ1v) is 11.6. The Morgan fingerprint density at radius 3 is 2.41 bits per heavy atom. The van der Waals surface area contributed by atoms with E-state index in [9.17, 15) is 35.9 Å². The molecule has 0 radical (unpaired) electrons. The molecule has 0 aromatic heterocycles. The van der Waals surface area contributed by atoms with Crippen molar-refractivity contribution in [2.45, 2.75) is 62.7 Å². The summed E-state index contributed by atoms with van der Waals surface area (Å²) in [6.07, 6.45) is -9.22. The second kappa shape index (κ2) is 9.79. The average Bonchev–Trinajstić information content (AvgIpc) is 2.99. The van der Waals surface area contributed by atoms with E-state index in [-0.39, 0.29) is 29.7 Å². The predicted octanol–water partition coefficient (Wildman–Crippen LogP) is 5.33. The molecular weight excluding hydrogens is 484 g/mol. The van der Waals surface area contributed by atoms with Crippen molar-refractivity contribution in [3.63, 3.8) is 0 Å². The van der Waals surface area contributed by atoms with E-state index in [0.717, 1.165) is 17.8 Å². The van der Waals surface area contributed by atoms with Gasteiger partial charge in [-0.25, -0.2) is 0 Å². The lowest BCUT2D eigenvalue weighted by Crippen LogP contribution is -2.42. The third kappa shape index (κ3) is 6.45. The lowest BCUT2D eigenvalue weighted by atomic mass is 9.87. The van der Waals surface area contributed by atoms with Gasteiger partial charge in [0.25, 0.3) is 5.91 Å². The molecule has 2 amide bonds. The number of thioether (sulfide) groups is 1. The molecule has 1 N–H and O–H groups in total. The second-order valence-corrected chi connectivity index (χ2v) is 10.3. The van der Waals surface area contributed by atoms with Crippen LogP contribution in [-0.2, 0) is 15.8 Å². The SMILES string of the molecule is C[C@H](NC1=NC(=O)C(C)(CC2CCN(C(=O)CC(F)(F)F)CC2)S1)c1ccccc1C(F)(F)F. The number of nitrogens with one attached hydrogen (secondary N) is 1. The highest BCUT2D eigenvalue weighted by Crippen LogP contribution is 2.42. The number of aliphatic imine (C=N–C) groups is 1. The van der Waals surface area contributed by atoms with Crippen molar-refractivity contribution in [3.8, 4) is 0 Å². The first kappa shape index (κ1) is 26.4. The Labute approximate surface area is 197 Å². The van der Waals surface area contributed by atoms with Gasteiger partial charge in [0.1, 0.15) is 11.2 Å². The number of carbonyl (C=O) groups is 2. The summed E-state index contributed by atoms with van der Waals surface area (Å²) >= 11 is 1.14. The van der Waals surface area contributed by atoms with Crippen LogP contribution in [0.5, 0.6) is 0 Å². The van der Waals surface area contributed by atoms with Crippen molar-refractivity contribution in [1.82, 2.24) is 10.2 Å². The van der Waals surface area contributed by atoms with Crippen LogP contribution in [0, 0.1) is 5.92 Å². The van der Waals surface area contributed by atoms with Crippen LogP contribution in [0.15, 0.2) is 29.3 Å². The molecule has 5 nitrogen and oxygen atoms in total. The molecule has 0 aliphatic carbocycles. The maximum absolute atomic E-state index is 13.3. The summed E-state index contributed by atoms with van der Waals surface area (Å²) in [4.78, 5) is 29.6. The van der Waals surface area contributed by atoms with Crippen LogP contribution in [0.3, 0.4) is 0 Å². The van der Waals surface area contributed by atoms with Crippen LogP contribution in [-0.4, -0.2) is 45.9 Å². The van der Waals surface area contributed by atoms with Crippen LogP contribution >= 0.6 is 11.8 Å². The van der Waals surface area contributed by atoms with Gasteiger partial charge in [-0.15, -0.1) is 0 Å². The number of nitrogens with zero attached hydrogens (tertiary/aromatic N) is 2. The van der Waals surface area contributed by atoms with Gasteiger partial charge in [0.15, 0.2) is 5.17 Å². The zero-order valence-corrected chi connectivity index (χ0v) is 19.4. The molecule has 1 fully saturated rings. The zero-order valence-electron chi connectivity index (χ0n) is 18.6. The van der Waals surface area contributed by atoms with Gasteiger partial charge in [-0.1, -0.05) is 30.0 Å². The number of rotatable bonds is 5. The number of piperidine rings is 1. The van der Waals surface area contributed by atoms with E-state index in [4.69, 9.17) is 0 Å². The van der Waals surface area contributed by atoms with E-state index in [1.54, 1.807) is 13.8 Å². The number of carbonyl (C=O) groups excluding carboxylic acids is 2. The van der Waals surface area contributed by atoms with E-state index in [1.165, 1.54) is 23.1 Å². The number of alkyl halides is 6. The van der Waals surface area contributed by atoms with E-state index < -0.39 is 46.9 Å². The summed E-state index contributed by atoms with van der Waals surface area (Å²) < 4.78 is 76.4. The number of hydrogen-bond acceptors (Lipinski definition) is 4. The fourth-order valence-corrected chi connectivity index (χ4v) is 5.54. The summed E-state index contributed by atoms with van der Waals surface area (Å²) in [5, 5.41) is 3.14. The Kier molecular flexibility index (Phi) is 7.59. The lowest BCUT2D eigenvalue weighted by molar-refractivity contribution is -0.162. The molecule has 34 heavy (non-hydrogen) atoms. The topological polar surface area (TPSA) is 61.8 Å². The Bertz CT molecular complexity index is 957. The van der Waals surface area contributed by atoms with Gasteiger partial charge in [-0.3, -0.25) is 9.59 Å². The monoisotopic (exact) mass is 509 g/mol. The maximum Gasteiger partial charge on any atom is 0.416 e. The third-order valence-electron chi connectivity index (χ3n) is 6.05. The van der Waals surface area contributed by atoms with E-state index in [1.807, 2.05) is 0 Å². The highest BCUT2D eigenvalue weighted by atomic mass is 32.2. The van der Waals surface area contributed by atoms with Gasteiger partial charge in [0.2, 0.25) is 5.91 Å². The molecule has 3 rings (SSSR count). The molecule has 2 aliphatic rings. The Morgan fingerprint density at radius 1 is 1.21 bits per heavy atom. The van der Waals surface area contributed by atoms with Crippen LogP contribution in [0.4, 0.5) is 26.3 Å². The van der Waals surface area contributed by atoms with Gasteiger partial charge in [0.05, 0.1) is 11.6 Å². The molecule has 1 saturated heterocycles. The minimum absolute atomic E-state index is 0.00863. The fraction of sp³-hybridized carbons (Fsp3) is 0.591. The Balaban J connectivity index is 1.57. The standard InChI is InChI=1S/C22H25F6N3O2S/c1-13(15-5-3-4-6-16(15)22(26,27)28)29-19-30-18(33)20(2,34-19)11-14-7-9-31(10-8-14)17(32)12-21(23,24)25/h3-6,13-14H,7-12H2,1-2H3,(H,29,30,33)/t13-,20?/m0/s1. The van der Waals surface area contributed by atoms with E-state index in [0.29, 0.717) is 19.3 Å². The normalized spacial score (nSPS) is 23.1. The highest BCUT2D eigenvalue weighted by Gasteiger charge is 2.44. The number of benzene rings is 1. The van der Waals surface area contributed by atoms with Crippen LogP contribution in [0.2, 0.25) is 0 Å². The van der Waals surface area contributed by atoms with E-state index in [2.05, 4.69) is 10.3 Å². The molecule has 188 valence electrons. The van der Waals surface area contributed by atoms with Crippen LogP contribution < -0.4 is 5.32 Å². The molecule has 1 aromatic carbocycles. The zero-order chi connectivity index (χ0) is 25.3. The number of amidine groups is 1. The van der Waals surface area contributed by atoms with Gasteiger partial charge in [0, 0.05) is 13.1 Å². The summed E-state index contributed by atoms with van der Waals surface area (Å²) in [7, 11) is 0. The Hall–Kier alpha value is -2.24. The van der Waals surface area contributed by atoms with Gasteiger partial charge < -0.3 is 10.2 Å². The molecule has 12 heteroatoms. The van der Waals surface area contributed by atoms with E-state index >= 15 is 0 Å². The van der Waals surface area contributed by atoms with Gasteiger partial charge in [-0.2, -0.15) is 31.3 Å². The largest absolute Gasteiger partial charge is 0.416 e. The van der Waals surface area contributed by atoms with Gasteiger partial charge in [-0.05, 0) is 50.7 Å². The molecular formula is C22H25F6N3O2S. The minimum atomic E-state index is -4.55. The van der Waals surface area contributed by atoms with Crippen molar-refractivity contribution < 1.29 is 35.9 Å². The summed E-state index contributed by atoms with van der Waals surface area (Å²) in [5.74, 6) is -1.35. The van der Waals surface area contributed by atoms with Crippen molar-refractivity contribution in [1.29, 1.82) is 0 Å². The predicted molar refractivity (Wildman–Crippen MR) is 116 cm³/mol. The summed E-state index contributed by atoms with van der Waals surface area (Å²) in [5.41, 5.74) is -0.727. The number of likely N-dealkylation sites (tertiary alicyclic amines) is 1. The van der Waals surface area contributed by atoms with Crippen molar-refractivity contribution in [3.05, 3.63) is 35.4 Å². The first-order chi connectivity index (χ1) is 15.7. The Morgan fingerprint density at radius 2 is 1.82 bits per heavy atom. The molecule has 1 aromatic rings. The number of hydrogen-bond donors (Lipinski definition) is 1. The molecule has 0 saturated carbocycles. The van der Waals surface area contributed by atoms with Crippen molar-refractivity contribution in [2.24, 2.45) is 10.9 Å². The third-order valence-corrected chi connectivity index (χ3v) is 7.24. The molecule has 1 unspecified atom stereocenters. The quantitative estimate of drug-likeness (QED) is 0.546. The molecule has 0 bridgehead atoms. The minimum Gasteiger partial charge on any atom is -0.358 e. The summed E-state index contributed by atoms with van der Waals surface area (Å²) in [6.45, 7) is 3.63. The van der Waals surface area contributed by atoms with Crippen molar-refractivity contribution in [2.75, 3.05) is 13.1 Å².